The number of pyridine rings is 1. The van der Waals surface area contributed by atoms with Crippen LogP contribution < -0.4 is 10.1 Å². The summed E-state index contributed by atoms with van der Waals surface area (Å²) in [5, 5.41) is 5.12. The van der Waals surface area contributed by atoms with E-state index in [0.29, 0.717) is 5.56 Å². The Balaban J connectivity index is 1.88. The molecule has 118 valence electrons. The number of carbonyl (C=O) groups is 1. The predicted octanol–water partition coefficient (Wildman–Crippen LogP) is 4.71. The number of hydrogen-bond acceptors (Lipinski definition) is 4. The first-order valence-electron chi connectivity index (χ1n) is 7.47. The number of nitrogens with one attached hydrogen (secondary N) is 1. The van der Waals surface area contributed by atoms with Gasteiger partial charge in [0.1, 0.15) is 5.75 Å². The van der Waals surface area contributed by atoms with Crippen molar-refractivity contribution in [3.05, 3.63) is 66.5 Å². The first kappa shape index (κ1) is 14.7. The van der Waals surface area contributed by atoms with E-state index in [-0.39, 0.29) is 5.91 Å². The summed E-state index contributed by atoms with van der Waals surface area (Å²) in [7, 11) is 1.66. The zero-order chi connectivity index (χ0) is 16.5. The molecule has 0 aliphatic heterocycles. The summed E-state index contributed by atoms with van der Waals surface area (Å²) >= 11 is 1.66. The minimum Gasteiger partial charge on any atom is -0.495 e. The normalized spacial score (nSPS) is 10.9. The number of anilines is 1. The second kappa shape index (κ2) is 5.94. The van der Waals surface area contributed by atoms with Crippen molar-refractivity contribution in [2.75, 3.05) is 12.4 Å². The number of fused-ring (bicyclic) bond motifs is 3. The van der Waals surface area contributed by atoms with Crippen LogP contribution in [0.15, 0.2) is 60.9 Å². The molecule has 0 atom stereocenters. The minimum atomic E-state index is -0.176. The summed E-state index contributed by atoms with van der Waals surface area (Å²) in [6.07, 6.45) is 3.20. The number of carbonyl (C=O) groups excluding carboxylic acids is 1. The van der Waals surface area contributed by atoms with Crippen molar-refractivity contribution in [2.45, 2.75) is 0 Å². The van der Waals surface area contributed by atoms with Gasteiger partial charge in [0.15, 0.2) is 0 Å². The van der Waals surface area contributed by atoms with Crippen molar-refractivity contribution in [3.8, 4) is 5.75 Å². The van der Waals surface area contributed by atoms with E-state index in [1.165, 1.54) is 0 Å². The summed E-state index contributed by atoms with van der Waals surface area (Å²) < 4.78 is 7.68. The summed E-state index contributed by atoms with van der Waals surface area (Å²) in [4.78, 5) is 16.5. The number of benzene rings is 2. The molecule has 4 rings (SSSR count). The molecule has 2 aromatic heterocycles. The standard InChI is InChI=1S/C19H14N2O2S/c1-23-15-9-8-14(21-19(22)12-5-4-10-20-11-12)17-13-6-2-3-7-16(13)24-18(15)17/h2-11H,1H3,(H,21,22). The molecular formula is C19H14N2O2S. The third-order valence-corrected chi connectivity index (χ3v) is 5.07. The number of aromatic nitrogens is 1. The molecule has 2 heterocycles. The van der Waals surface area contributed by atoms with Gasteiger partial charge < -0.3 is 10.1 Å². The molecule has 1 N–H and O–H groups in total. The van der Waals surface area contributed by atoms with Gasteiger partial charge in [-0.2, -0.15) is 0 Å². The molecule has 0 unspecified atom stereocenters. The first-order chi connectivity index (χ1) is 11.8. The molecule has 5 heteroatoms. The zero-order valence-corrected chi connectivity index (χ0v) is 13.8. The average Bonchev–Trinajstić information content (AvgIpc) is 3.02. The highest BCUT2D eigenvalue weighted by molar-refractivity contribution is 7.26. The van der Waals surface area contributed by atoms with Crippen LogP contribution >= 0.6 is 11.3 Å². The number of methoxy groups -OCH3 is 1. The van der Waals surface area contributed by atoms with Crippen LogP contribution in [-0.2, 0) is 0 Å². The highest BCUT2D eigenvalue weighted by Gasteiger charge is 2.15. The highest BCUT2D eigenvalue weighted by atomic mass is 32.1. The zero-order valence-electron chi connectivity index (χ0n) is 12.9. The van der Waals surface area contributed by atoms with Crippen LogP contribution in [0, 0.1) is 0 Å². The van der Waals surface area contributed by atoms with Gasteiger partial charge in [0.2, 0.25) is 0 Å². The molecule has 0 radical (unpaired) electrons. The molecule has 0 spiro atoms. The molecule has 0 aliphatic rings. The van der Waals surface area contributed by atoms with E-state index in [1.54, 1.807) is 43.0 Å². The fourth-order valence-corrected chi connectivity index (χ4v) is 3.98. The van der Waals surface area contributed by atoms with Gasteiger partial charge in [0, 0.05) is 27.9 Å². The molecule has 0 aliphatic carbocycles. The van der Waals surface area contributed by atoms with Gasteiger partial charge >= 0.3 is 0 Å². The Morgan fingerprint density at radius 3 is 2.79 bits per heavy atom. The summed E-state index contributed by atoms with van der Waals surface area (Å²) in [6, 6.07) is 15.4. The van der Waals surface area contributed by atoms with Crippen molar-refractivity contribution in [1.29, 1.82) is 0 Å². The molecule has 2 aromatic carbocycles. The van der Waals surface area contributed by atoms with Crippen molar-refractivity contribution in [2.24, 2.45) is 0 Å². The average molecular weight is 334 g/mol. The number of hydrogen-bond donors (Lipinski definition) is 1. The number of ether oxygens (including phenoxy) is 1. The van der Waals surface area contributed by atoms with Crippen LogP contribution in [0.1, 0.15) is 10.4 Å². The third kappa shape index (κ3) is 2.39. The molecule has 0 fully saturated rings. The predicted molar refractivity (Wildman–Crippen MR) is 98.1 cm³/mol. The second-order valence-electron chi connectivity index (χ2n) is 5.31. The molecule has 24 heavy (non-hydrogen) atoms. The van der Waals surface area contributed by atoms with E-state index >= 15 is 0 Å². The fourth-order valence-electron chi connectivity index (χ4n) is 2.76. The van der Waals surface area contributed by atoms with Crippen LogP contribution in [0.5, 0.6) is 5.75 Å². The largest absolute Gasteiger partial charge is 0.495 e. The second-order valence-corrected chi connectivity index (χ2v) is 6.37. The van der Waals surface area contributed by atoms with Crippen molar-refractivity contribution in [1.82, 2.24) is 4.98 Å². The van der Waals surface area contributed by atoms with E-state index < -0.39 is 0 Å². The number of nitrogens with zero attached hydrogens (tertiary/aromatic N) is 1. The fraction of sp³-hybridized carbons (Fsp3) is 0.0526. The minimum absolute atomic E-state index is 0.176. The van der Waals surface area contributed by atoms with Crippen LogP contribution in [-0.4, -0.2) is 18.0 Å². The van der Waals surface area contributed by atoms with E-state index in [9.17, 15) is 4.79 Å². The van der Waals surface area contributed by atoms with Gasteiger partial charge in [-0.25, -0.2) is 0 Å². The Morgan fingerprint density at radius 2 is 2.00 bits per heavy atom. The molecule has 4 aromatic rings. The maximum Gasteiger partial charge on any atom is 0.257 e. The van der Waals surface area contributed by atoms with E-state index in [4.69, 9.17) is 4.74 Å². The Hall–Kier alpha value is -2.92. The van der Waals surface area contributed by atoms with Gasteiger partial charge in [-0.3, -0.25) is 9.78 Å². The third-order valence-electron chi connectivity index (χ3n) is 3.88. The Kier molecular flexibility index (Phi) is 3.63. The van der Waals surface area contributed by atoms with Gasteiger partial charge in [0.25, 0.3) is 5.91 Å². The summed E-state index contributed by atoms with van der Waals surface area (Å²) in [6.45, 7) is 0. The van der Waals surface area contributed by atoms with Crippen LogP contribution in [0.2, 0.25) is 0 Å². The van der Waals surface area contributed by atoms with Crippen molar-refractivity contribution in [3.63, 3.8) is 0 Å². The Morgan fingerprint density at radius 1 is 1.12 bits per heavy atom. The quantitative estimate of drug-likeness (QED) is 0.590. The Bertz CT molecular complexity index is 1040. The highest BCUT2D eigenvalue weighted by Crippen LogP contribution is 2.43. The maximum absolute atomic E-state index is 12.5. The molecule has 4 nitrogen and oxygen atoms in total. The smallest absolute Gasteiger partial charge is 0.257 e. The van der Waals surface area contributed by atoms with Gasteiger partial charge in [0.05, 0.1) is 23.1 Å². The summed E-state index contributed by atoms with van der Waals surface area (Å²) in [5.41, 5.74) is 1.30. The lowest BCUT2D eigenvalue weighted by atomic mass is 10.1. The Labute approximate surface area is 142 Å². The SMILES string of the molecule is COc1ccc(NC(=O)c2cccnc2)c2c1sc1ccccc12. The van der Waals surface area contributed by atoms with E-state index in [0.717, 1.165) is 31.6 Å². The molecule has 0 saturated heterocycles. The van der Waals surface area contributed by atoms with Crippen molar-refractivity contribution >= 4 is 43.1 Å². The number of rotatable bonds is 3. The van der Waals surface area contributed by atoms with Crippen molar-refractivity contribution < 1.29 is 9.53 Å². The van der Waals surface area contributed by atoms with Crippen LogP contribution in [0.25, 0.3) is 20.2 Å². The van der Waals surface area contributed by atoms with Gasteiger partial charge in [-0.05, 0) is 30.3 Å². The van der Waals surface area contributed by atoms with Gasteiger partial charge in [-0.15, -0.1) is 11.3 Å². The molecule has 0 saturated carbocycles. The lowest BCUT2D eigenvalue weighted by Gasteiger charge is -2.09. The lowest BCUT2D eigenvalue weighted by Crippen LogP contribution is -2.12. The first-order valence-corrected chi connectivity index (χ1v) is 8.29. The maximum atomic E-state index is 12.5. The number of thiophene rings is 1. The van der Waals surface area contributed by atoms with Gasteiger partial charge in [-0.1, -0.05) is 18.2 Å². The molecule has 1 amide bonds. The van der Waals surface area contributed by atoms with E-state index in [2.05, 4.69) is 22.4 Å². The molecule has 0 bridgehead atoms. The monoisotopic (exact) mass is 334 g/mol. The van der Waals surface area contributed by atoms with E-state index in [1.807, 2.05) is 24.3 Å². The van der Waals surface area contributed by atoms with Crippen LogP contribution in [0.4, 0.5) is 5.69 Å². The molecular weight excluding hydrogens is 320 g/mol. The lowest BCUT2D eigenvalue weighted by molar-refractivity contribution is 0.102. The van der Waals surface area contributed by atoms with Crippen LogP contribution in [0.3, 0.4) is 0 Å². The number of amides is 1. The summed E-state index contributed by atoms with van der Waals surface area (Å²) in [5.74, 6) is 0.635. The topological polar surface area (TPSA) is 51.2 Å².